The molecule has 0 aliphatic rings. The smallest absolute Gasteiger partial charge is 0.256 e. The molecular formula is C21H17FN4O2S. The number of fused-ring (bicyclic) bond motifs is 1. The lowest BCUT2D eigenvalue weighted by atomic mass is 10.2. The third-order valence-corrected chi connectivity index (χ3v) is 5.35. The van der Waals surface area contributed by atoms with E-state index in [4.69, 9.17) is 0 Å². The SMILES string of the molecule is Cc1ccc(NC(=O)Cc2cc3c(NC(=O)c4ccc(F)cc4)[nH]nc3s2)cc1. The largest absolute Gasteiger partial charge is 0.326 e. The average Bonchev–Trinajstić information content (AvgIpc) is 3.25. The van der Waals surface area contributed by atoms with Gasteiger partial charge in [-0.3, -0.25) is 14.7 Å². The summed E-state index contributed by atoms with van der Waals surface area (Å²) in [5.41, 5.74) is 2.20. The van der Waals surface area contributed by atoms with Gasteiger partial charge in [0.15, 0.2) is 0 Å². The molecule has 6 nitrogen and oxygen atoms in total. The van der Waals surface area contributed by atoms with E-state index in [1.807, 2.05) is 37.3 Å². The number of carbonyl (C=O) groups is 2. The lowest BCUT2D eigenvalue weighted by Gasteiger charge is -2.04. The number of benzene rings is 2. The van der Waals surface area contributed by atoms with Crippen LogP contribution in [0, 0.1) is 12.7 Å². The Morgan fingerprint density at radius 1 is 1.07 bits per heavy atom. The maximum atomic E-state index is 13.0. The molecule has 0 aliphatic heterocycles. The van der Waals surface area contributed by atoms with Gasteiger partial charge in [-0.05, 0) is 49.4 Å². The number of halogens is 1. The summed E-state index contributed by atoms with van der Waals surface area (Å²) in [6.07, 6.45) is 0.209. The van der Waals surface area contributed by atoms with E-state index in [2.05, 4.69) is 20.8 Å². The van der Waals surface area contributed by atoms with Gasteiger partial charge in [0, 0.05) is 16.1 Å². The van der Waals surface area contributed by atoms with Crippen molar-refractivity contribution in [1.82, 2.24) is 10.2 Å². The number of rotatable bonds is 5. The number of anilines is 2. The number of aromatic amines is 1. The van der Waals surface area contributed by atoms with Crippen LogP contribution in [0.2, 0.25) is 0 Å². The van der Waals surface area contributed by atoms with Crippen LogP contribution in [-0.2, 0) is 11.2 Å². The number of hydrogen-bond donors (Lipinski definition) is 3. The number of nitrogens with one attached hydrogen (secondary N) is 3. The number of hydrogen-bond acceptors (Lipinski definition) is 4. The standard InChI is InChI=1S/C21H17FN4O2S/c1-12-2-8-15(9-3-12)23-18(27)11-16-10-17-19(25-26-21(17)29-16)24-20(28)13-4-6-14(22)7-5-13/h2-10H,11H2,1H3,(H,23,27)(H2,24,25,26,28). The molecule has 2 aromatic carbocycles. The minimum atomic E-state index is -0.406. The molecule has 2 amide bonds. The summed E-state index contributed by atoms with van der Waals surface area (Å²) in [6, 6.07) is 14.7. The lowest BCUT2D eigenvalue weighted by molar-refractivity contribution is -0.115. The van der Waals surface area contributed by atoms with Crippen molar-refractivity contribution in [3.63, 3.8) is 0 Å². The van der Waals surface area contributed by atoms with Crippen molar-refractivity contribution in [3.05, 3.63) is 76.4 Å². The molecule has 0 saturated heterocycles. The van der Waals surface area contributed by atoms with Gasteiger partial charge in [0.1, 0.15) is 16.5 Å². The number of nitrogens with zero attached hydrogens (tertiary/aromatic N) is 1. The van der Waals surface area contributed by atoms with E-state index in [9.17, 15) is 14.0 Å². The highest BCUT2D eigenvalue weighted by Crippen LogP contribution is 2.30. The van der Waals surface area contributed by atoms with Gasteiger partial charge in [0.05, 0.1) is 11.8 Å². The molecule has 0 unspecified atom stereocenters. The molecule has 0 bridgehead atoms. The van der Waals surface area contributed by atoms with Crippen molar-refractivity contribution in [3.8, 4) is 0 Å². The maximum Gasteiger partial charge on any atom is 0.256 e. The first kappa shape index (κ1) is 18.8. The highest BCUT2D eigenvalue weighted by Gasteiger charge is 2.15. The first-order valence-corrected chi connectivity index (χ1v) is 9.70. The summed E-state index contributed by atoms with van der Waals surface area (Å²) < 4.78 is 13.0. The molecule has 29 heavy (non-hydrogen) atoms. The number of H-pyrrole nitrogens is 1. The molecule has 0 atom stereocenters. The predicted octanol–water partition coefficient (Wildman–Crippen LogP) is 4.51. The van der Waals surface area contributed by atoms with Crippen molar-refractivity contribution in [2.45, 2.75) is 13.3 Å². The molecule has 2 aromatic heterocycles. The van der Waals surface area contributed by atoms with Crippen molar-refractivity contribution in [2.75, 3.05) is 10.6 Å². The van der Waals surface area contributed by atoms with Crippen LogP contribution < -0.4 is 10.6 Å². The monoisotopic (exact) mass is 408 g/mol. The fraction of sp³-hybridized carbons (Fsp3) is 0.0952. The zero-order valence-electron chi connectivity index (χ0n) is 15.5. The second-order valence-corrected chi connectivity index (χ2v) is 7.70. The zero-order valence-corrected chi connectivity index (χ0v) is 16.3. The molecule has 0 radical (unpaired) electrons. The summed E-state index contributed by atoms with van der Waals surface area (Å²) in [5.74, 6) is -0.466. The van der Waals surface area contributed by atoms with Crippen molar-refractivity contribution < 1.29 is 14.0 Å². The second kappa shape index (κ2) is 7.84. The molecule has 0 fully saturated rings. The van der Waals surface area contributed by atoms with Gasteiger partial charge in [-0.15, -0.1) is 11.3 Å². The predicted molar refractivity (Wildman–Crippen MR) is 112 cm³/mol. The van der Waals surface area contributed by atoms with Crippen LogP contribution in [0.1, 0.15) is 20.8 Å². The minimum absolute atomic E-state index is 0.126. The number of thiophene rings is 1. The van der Waals surface area contributed by atoms with Gasteiger partial charge in [-0.2, -0.15) is 5.10 Å². The van der Waals surface area contributed by atoms with Crippen LogP contribution in [-0.4, -0.2) is 22.0 Å². The fourth-order valence-electron chi connectivity index (χ4n) is 2.83. The van der Waals surface area contributed by atoms with Gasteiger partial charge in [0.25, 0.3) is 5.91 Å². The van der Waals surface area contributed by atoms with Crippen LogP contribution in [0.25, 0.3) is 10.2 Å². The molecule has 0 saturated carbocycles. The van der Waals surface area contributed by atoms with Gasteiger partial charge >= 0.3 is 0 Å². The maximum absolute atomic E-state index is 13.0. The Hall–Kier alpha value is -3.52. The Balaban J connectivity index is 1.45. The Kier molecular flexibility index (Phi) is 5.09. The Bertz CT molecular complexity index is 1180. The molecule has 0 spiro atoms. The molecule has 8 heteroatoms. The summed E-state index contributed by atoms with van der Waals surface area (Å²) in [5, 5.41) is 13.3. The topological polar surface area (TPSA) is 86.9 Å². The van der Waals surface area contributed by atoms with E-state index in [0.717, 1.165) is 21.5 Å². The van der Waals surface area contributed by atoms with Gasteiger partial charge in [-0.25, -0.2) is 4.39 Å². The van der Waals surface area contributed by atoms with Crippen LogP contribution >= 0.6 is 11.3 Å². The molecule has 3 N–H and O–H groups in total. The quantitative estimate of drug-likeness (QED) is 0.454. The first-order valence-electron chi connectivity index (χ1n) is 8.88. The Labute approximate surface area is 169 Å². The van der Waals surface area contributed by atoms with Crippen molar-refractivity contribution in [1.29, 1.82) is 0 Å². The van der Waals surface area contributed by atoms with Crippen LogP contribution in [0.3, 0.4) is 0 Å². The molecule has 146 valence electrons. The van der Waals surface area contributed by atoms with E-state index < -0.39 is 5.82 Å². The van der Waals surface area contributed by atoms with Gasteiger partial charge < -0.3 is 10.6 Å². The summed E-state index contributed by atoms with van der Waals surface area (Å²) >= 11 is 1.38. The van der Waals surface area contributed by atoms with E-state index in [1.54, 1.807) is 0 Å². The number of aryl methyl sites for hydroxylation is 1. The lowest BCUT2D eigenvalue weighted by Crippen LogP contribution is -2.13. The average molecular weight is 408 g/mol. The van der Waals surface area contributed by atoms with Crippen LogP contribution in [0.15, 0.2) is 54.6 Å². The minimum Gasteiger partial charge on any atom is -0.326 e. The summed E-state index contributed by atoms with van der Waals surface area (Å²) in [6.45, 7) is 1.99. The third kappa shape index (κ3) is 4.33. The fourth-order valence-corrected chi connectivity index (χ4v) is 3.82. The van der Waals surface area contributed by atoms with Crippen molar-refractivity contribution in [2.24, 2.45) is 0 Å². The second-order valence-electron chi connectivity index (χ2n) is 6.58. The van der Waals surface area contributed by atoms with E-state index in [-0.39, 0.29) is 18.2 Å². The number of aromatic nitrogens is 2. The van der Waals surface area contributed by atoms with E-state index in [1.165, 1.54) is 35.6 Å². The van der Waals surface area contributed by atoms with Crippen LogP contribution in [0.4, 0.5) is 15.9 Å². The highest BCUT2D eigenvalue weighted by molar-refractivity contribution is 7.18. The van der Waals surface area contributed by atoms with Crippen molar-refractivity contribution >= 4 is 44.9 Å². The van der Waals surface area contributed by atoms with E-state index >= 15 is 0 Å². The van der Waals surface area contributed by atoms with Crippen LogP contribution in [0.5, 0.6) is 0 Å². The third-order valence-electron chi connectivity index (χ3n) is 4.32. The molecule has 0 aliphatic carbocycles. The first-order chi connectivity index (χ1) is 14.0. The zero-order chi connectivity index (χ0) is 20.4. The number of amides is 2. The highest BCUT2D eigenvalue weighted by atomic mass is 32.1. The summed E-state index contributed by atoms with van der Waals surface area (Å²) in [4.78, 5) is 26.2. The number of carbonyl (C=O) groups excluding carboxylic acids is 2. The molecule has 4 rings (SSSR count). The van der Waals surface area contributed by atoms with Gasteiger partial charge in [0.2, 0.25) is 5.91 Å². The molecule has 2 heterocycles. The Morgan fingerprint density at radius 2 is 1.79 bits per heavy atom. The Morgan fingerprint density at radius 3 is 2.52 bits per heavy atom. The normalized spacial score (nSPS) is 10.8. The van der Waals surface area contributed by atoms with E-state index in [0.29, 0.717) is 16.2 Å². The molecule has 4 aromatic rings. The van der Waals surface area contributed by atoms with Gasteiger partial charge in [-0.1, -0.05) is 17.7 Å². The molecular weight excluding hydrogens is 391 g/mol. The summed E-state index contributed by atoms with van der Waals surface area (Å²) in [7, 11) is 0.